The van der Waals surface area contributed by atoms with E-state index in [1.807, 2.05) is 37.9 Å². The van der Waals surface area contributed by atoms with E-state index in [1.54, 1.807) is 19.2 Å². The Kier molecular flexibility index (Phi) is 17.1. The van der Waals surface area contributed by atoms with Gasteiger partial charge in [0.25, 0.3) is 0 Å². The van der Waals surface area contributed by atoms with Crippen LogP contribution in [0.2, 0.25) is 5.02 Å². The van der Waals surface area contributed by atoms with E-state index in [1.165, 1.54) is 50.9 Å². The molecule has 9 heteroatoms. The Balaban J connectivity index is 0.000000535. The molecule has 1 aromatic heterocycles. The zero-order chi connectivity index (χ0) is 30.7. The number of unbranched alkanes of at least 4 members (excludes halogenated alkanes) is 5. The molecule has 7 nitrogen and oxygen atoms in total. The second kappa shape index (κ2) is 20.3. The molecule has 1 saturated heterocycles. The molecule has 3 aromatic rings. The van der Waals surface area contributed by atoms with Gasteiger partial charge in [-0.3, -0.25) is 4.90 Å². The Morgan fingerprint density at radius 3 is 2.26 bits per heavy atom. The summed E-state index contributed by atoms with van der Waals surface area (Å²) in [5.74, 6) is 1.43. The van der Waals surface area contributed by atoms with E-state index in [-0.39, 0.29) is 5.02 Å². The van der Waals surface area contributed by atoms with Gasteiger partial charge in [0.15, 0.2) is 11.5 Å². The van der Waals surface area contributed by atoms with Crippen molar-refractivity contribution < 1.29 is 18.6 Å². The molecule has 4 rings (SSSR count). The minimum absolute atomic E-state index is 0.0543. The lowest BCUT2D eigenvalue weighted by Gasteiger charge is -2.26. The summed E-state index contributed by atoms with van der Waals surface area (Å²) < 4.78 is 30.6. The number of morpholine rings is 1. The maximum absolute atomic E-state index is 13.6. The molecule has 0 atom stereocenters. The highest BCUT2D eigenvalue weighted by Crippen LogP contribution is 2.37. The highest BCUT2D eigenvalue weighted by atomic mass is 35.5. The van der Waals surface area contributed by atoms with Crippen LogP contribution in [0.15, 0.2) is 36.7 Å². The zero-order valence-corrected chi connectivity index (χ0v) is 27.2. The summed E-state index contributed by atoms with van der Waals surface area (Å²) in [6, 6.07) is 8.28. The first-order valence-electron chi connectivity index (χ1n) is 15.4. The number of methoxy groups -OCH3 is 1. The second-order valence-corrected chi connectivity index (χ2v) is 10.4. The predicted octanol–water partition coefficient (Wildman–Crippen LogP) is 8.69. The first-order chi connectivity index (χ1) is 20.5. The average molecular weight is 605 g/mol. The van der Waals surface area contributed by atoms with E-state index < -0.39 is 5.82 Å². The van der Waals surface area contributed by atoms with Crippen molar-refractivity contribution >= 4 is 34.0 Å². The van der Waals surface area contributed by atoms with Crippen molar-refractivity contribution in [2.75, 3.05) is 58.5 Å². The van der Waals surface area contributed by atoms with Crippen LogP contribution in [0.4, 0.5) is 15.9 Å². The van der Waals surface area contributed by atoms with Crippen molar-refractivity contribution in [2.45, 2.75) is 72.6 Å². The number of hydrogen-bond acceptors (Lipinski definition) is 7. The van der Waals surface area contributed by atoms with Gasteiger partial charge in [-0.1, -0.05) is 77.8 Å². The van der Waals surface area contributed by atoms with E-state index >= 15 is 0 Å². The molecule has 234 valence electrons. The van der Waals surface area contributed by atoms with Gasteiger partial charge in [-0.15, -0.1) is 0 Å². The van der Waals surface area contributed by atoms with Crippen LogP contribution in [-0.2, 0) is 4.74 Å². The van der Waals surface area contributed by atoms with E-state index in [0.717, 1.165) is 44.7 Å². The van der Waals surface area contributed by atoms with Crippen molar-refractivity contribution in [3.8, 4) is 11.5 Å². The quantitative estimate of drug-likeness (QED) is 0.181. The van der Waals surface area contributed by atoms with Crippen molar-refractivity contribution in [2.24, 2.45) is 0 Å². The van der Waals surface area contributed by atoms with Crippen LogP contribution >= 0.6 is 11.6 Å². The molecule has 1 aliphatic heterocycles. The number of halogens is 2. The van der Waals surface area contributed by atoms with Gasteiger partial charge >= 0.3 is 0 Å². The van der Waals surface area contributed by atoms with Gasteiger partial charge in [0.05, 0.1) is 37.5 Å². The van der Waals surface area contributed by atoms with E-state index in [2.05, 4.69) is 28.7 Å². The molecule has 0 aliphatic carbocycles. The highest BCUT2D eigenvalue weighted by molar-refractivity contribution is 6.31. The van der Waals surface area contributed by atoms with Crippen LogP contribution in [-0.4, -0.2) is 68.5 Å². The summed E-state index contributed by atoms with van der Waals surface area (Å²) in [6.45, 7) is 13.5. The molecule has 0 saturated carbocycles. The van der Waals surface area contributed by atoms with Crippen LogP contribution in [0, 0.1) is 5.82 Å². The Hall–Kier alpha value is -2.68. The molecule has 2 aromatic carbocycles. The van der Waals surface area contributed by atoms with Gasteiger partial charge in [0.1, 0.15) is 18.0 Å². The number of benzene rings is 2. The summed E-state index contributed by atoms with van der Waals surface area (Å²) in [7, 11) is 3.45. The maximum Gasteiger partial charge on any atom is 0.162 e. The molecule has 1 aliphatic rings. The number of nitrogens with zero attached hydrogens (tertiary/aromatic N) is 4. The molecule has 1 fully saturated rings. The standard InChI is InChI=1S/C23H26ClFN4O3.C8H18.C2H6/c1-28(16-4-5-19(25)18(24)12-16)23-17-13-22(21(30-2)14-20(17)26-15-27-23)32-9-3-6-29-7-10-31-11-8-29;1-3-5-7-8-6-4-2;1-2/h4-5,12-15H,3,6-11H2,1-2H3;3-8H2,1-2H3;1-2H3. The number of hydrogen-bond donors (Lipinski definition) is 0. The Labute approximate surface area is 257 Å². The van der Waals surface area contributed by atoms with Crippen molar-refractivity contribution in [3.63, 3.8) is 0 Å². The van der Waals surface area contributed by atoms with Gasteiger partial charge in [0.2, 0.25) is 0 Å². The number of aromatic nitrogens is 2. The molecule has 0 radical (unpaired) electrons. The number of rotatable bonds is 13. The molecule has 0 spiro atoms. The van der Waals surface area contributed by atoms with Gasteiger partial charge < -0.3 is 19.1 Å². The van der Waals surface area contributed by atoms with Crippen LogP contribution in [0.1, 0.15) is 72.6 Å². The normalized spacial score (nSPS) is 13.0. The zero-order valence-electron chi connectivity index (χ0n) is 26.4. The monoisotopic (exact) mass is 604 g/mol. The first kappa shape index (κ1) is 35.5. The van der Waals surface area contributed by atoms with Gasteiger partial charge in [-0.2, -0.15) is 0 Å². The van der Waals surface area contributed by atoms with Crippen LogP contribution < -0.4 is 14.4 Å². The largest absolute Gasteiger partial charge is 0.493 e. The summed E-state index contributed by atoms with van der Waals surface area (Å²) >= 11 is 5.97. The topological polar surface area (TPSA) is 60.0 Å². The van der Waals surface area contributed by atoms with Gasteiger partial charge in [-0.25, -0.2) is 14.4 Å². The lowest BCUT2D eigenvalue weighted by Crippen LogP contribution is -2.37. The molecule has 2 heterocycles. The third-order valence-electron chi connectivity index (χ3n) is 6.94. The third kappa shape index (κ3) is 11.2. The van der Waals surface area contributed by atoms with Crippen LogP contribution in [0.3, 0.4) is 0 Å². The molecule has 0 amide bonds. The van der Waals surface area contributed by atoms with Gasteiger partial charge in [0, 0.05) is 43.8 Å². The molecular formula is C33H50ClFN4O3. The predicted molar refractivity (Wildman–Crippen MR) is 173 cm³/mol. The summed E-state index contributed by atoms with van der Waals surface area (Å²) in [6.07, 6.45) is 10.9. The maximum atomic E-state index is 13.6. The van der Waals surface area contributed by atoms with E-state index in [9.17, 15) is 4.39 Å². The van der Waals surface area contributed by atoms with Crippen LogP contribution in [0.25, 0.3) is 10.9 Å². The van der Waals surface area contributed by atoms with Crippen molar-refractivity contribution in [3.05, 3.63) is 47.5 Å². The molecule has 42 heavy (non-hydrogen) atoms. The Bertz CT molecular complexity index is 1170. The molecular weight excluding hydrogens is 555 g/mol. The fraction of sp³-hybridized carbons (Fsp3) is 0.576. The summed E-state index contributed by atoms with van der Waals surface area (Å²) in [4.78, 5) is 13.0. The molecule has 0 unspecified atom stereocenters. The smallest absolute Gasteiger partial charge is 0.162 e. The Morgan fingerprint density at radius 1 is 0.952 bits per heavy atom. The van der Waals surface area contributed by atoms with Gasteiger partial charge in [-0.05, 0) is 30.7 Å². The fourth-order valence-electron chi connectivity index (χ4n) is 4.55. The minimum Gasteiger partial charge on any atom is -0.493 e. The first-order valence-corrected chi connectivity index (χ1v) is 15.8. The number of anilines is 2. The number of ether oxygens (including phenoxy) is 3. The summed E-state index contributed by atoms with van der Waals surface area (Å²) in [5.41, 5.74) is 1.42. The van der Waals surface area contributed by atoms with E-state index in [0.29, 0.717) is 35.1 Å². The van der Waals surface area contributed by atoms with Crippen LogP contribution in [0.5, 0.6) is 11.5 Å². The minimum atomic E-state index is -0.464. The third-order valence-corrected chi connectivity index (χ3v) is 7.23. The lowest BCUT2D eigenvalue weighted by atomic mass is 10.1. The Morgan fingerprint density at radius 2 is 1.64 bits per heavy atom. The van der Waals surface area contributed by atoms with Crippen molar-refractivity contribution in [1.82, 2.24) is 14.9 Å². The van der Waals surface area contributed by atoms with E-state index in [4.69, 9.17) is 25.8 Å². The molecule has 0 bridgehead atoms. The average Bonchev–Trinajstić information content (AvgIpc) is 3.03. The molecule has 0 N–H and O–H groups in total. The summed E-state index contributed by atoms with van der Waals surface area (Å²) in [5, 5.41) is 0.845. The number of fused-ring (bicyclic) bond motifs is 1. The SMILES string of the molecule is CC.CCCCCCCC.COc1cc2ncnc(N(C)c3ccc(F)c(Cl)c3)c2cc1OCCCN1CCOCC1. The van der Waals surface area contributed by atoms with Crippen molar-refractivity contribution in [1.29, 1.82) is 0 Å². The second-order valence-electron chi connectivity index (χ2n) is 9.95. The fourth-order valence-corrected chi connectivity index (χ4v) is 4.73. The highest BCUT2D eigenvalue weighted by Gasteiger charge is 2.16. The lowest BCUT2D eigenvalue weighted by molar-refractivity contribution is 0.0357.